The van der Waals surface area contributed by atoms with E-state index in [1.165, 1.54) is 21.9 Å². The van der Waals surface area contributed by atoms with Crippen LogP contribution in [0.15, 0.2) is 36.4 Å². The van der Waals surface area contributed by atoms with Crippen LogP contribution in [0.2, 0.25) is 0 Å². The summed E-state index contributed by atoms with van der Waals surface area (Å²) in [5, 5.41) is 2.65. The van der Waals surface area contributed by atoms with E-state index in [1.807, 2.05) is 0 Å². The highest BCUT2D eigenvalue weighted by atomic mass is 14.6. The number of benzene rings is 2. The topological polar surface area (TPSA) is 26.0 Å². The maximum atomic E-state index is 6.48. The lowest BCUT2D eigenvalue weighted by molar-refractivity contribution is 0.407. The fourth-order valence-corrected chi connectivity index (χ4v) is 2.81. The average molecular weight is 241 g/mol. The van der Waals surface area contributed by atoms with Crippen molar-refractivity contribution in [1.29, 1.82) is 0 Å². The Hall–Kier alpha value is -1.34. The minimum absolute atomic E-state index is 0.144. The lowest BCUT2D eigenvalue weighted by atomic mass is 9.86. The van der Waals surface area contributed by atoms with Crippen molar-refractivity contribution in [3.8, 4) is 0 Å². The Balaban J connectivity index is 2.54. The first kappa shape index (κ1) is 13.1. The first-order valence-corrected chi connectivity index (χ1v) is 6.92. The summed E-state index contributed by atoms with van der Waals surface area (Å²) in [6, 6.07) is 13.1. The first-order valence-electron chi connectivity index (χ1n) is 6.92. The summed E-state index contributed by atoms with van der Waals surface area (Å²) < 4.78 is 0. The minimum Gasteiger partial charge on any atom is -0.324 e. The van der Waals surface area contributed by atoms with Gasteiger partial charge < -0.3 is 5.73 Å². The molecule has 2 aromatic carbocycles. The Labute approximate surface area is 110 Å². The summed E-state index contributed by atoms with van der Waals surface area (Å²) in [5.41, 5.74) is 9.10. The highest BCUT2D eigenvalue weighted by Gasteiger charge is 2.18. The molecule has 1 nitrogen and oxygen atoms in total. The van der Waals surface area contributed by atoms with Crippen LogP contribution in [-0.2, 0) is 0 Å². The number of fused-ring (bicyclic) bond motifs is 1. The van der Waals surface area contributed by atoms with E-state index in [9.17, 15) is 0 Å². The van der Waals surface area contributed by atoms with Crippen molar-refractivity contribution >= 4 is 10.8 Å². The fraction of sp³-hybridized carbons (Fsp3) is 0.412. The van der Waals surface area contributed by atoms with E-state index in [-0.39, 0.29) is 6.04 Å². The molecule has 0 radical (unpaired) electrons. The van der Waals surface area contributed by atoms with Crippen LogP contribution in [0.3, 0.4) is 0 Å². The van der Waals surface area contributed by atoms with Gasteiger partial charge in [0.25, 0.3) is 0 Å². The second-order valence-corrected chi connectivity index (χ2v) is 5.12. The Morgan fingerprint density at radius 2 is 1.56 bits per heavy atom. The Bertz CT molecular complexity index is 526. The fourth-order valence-electron chi connectivity index (χ4n) is 2.81. The van der Waals surface area contributed by atoms with Gasteiger partial charge in [0.1, 0.15) is 0 Å². The molecular weight excluding hydrogens is 218 g/mol. The third-order valence-corrected chi connectivity index (χ3v) is 4.09. The quantitative estimate of drug-likeness (QED) is 0.832. The third-order valence-electron chi connectivity index (χ3n) is 4.09. The van der Waals surface area contributed by atoms with Crippen LogP contribution >= 0.6 is 0 Å². The van der Waals surface area contributed by atoms with Crippen molar-refractivity contribution < 1.29 is 0 Å². The van der Waals surface area contributed by atoms with E-state index in [0.717, 1.165) is 12.8 Å². The number of nitrogens with two attached hydrogens (primary N) is 1. The molecule has 1 unspecified atom stereocenters. The van der Waals surface area contributed by atoms with Crippen molar-refractivity contribution in [3.05, 3.63) is 47.5 Å². The van der Waals surface area contributed by atoms with Gasteiger partial charge in [-0.1, -0.05) is 63.1 Å². The van der Waals surface area contributed by atoms with E-state index in [0.29, 0.717) is 5.92 Å². The lowest BCUT2D eigenvalue weighted by Gasteiger charge is -2.23. The second kappa shape index (κ2) is 5.53. The predicted molar refractivity (Wildman–Crippen MR) is 79.7 cm³/mol. The van der Waals surface area contributed by atoms with Crippen molar-refractivity contribution in [2.24, 2.45) is 11.7 Å². The molecule has 0 aliphatic carbocycles. The van der Waals surface area contributed by atoms with Gasteiger partial charge in [0.05, 0.1) is 0 Å². The van der Waals surface area contributed by atoms with Crippen LogP contribution in [0.1, 0.15) is 43.9 Å². The predicted octanol–water partition coefficient (Wildman–Crippen LogP) is 4.58. The highest BCUT2D eigenvalue weighted by Crippen LogP contribution is 2.31. The minimum atomic E-state index is 0.144. The molecule has 0 saturated carbocycles. The van der Waals surface area contributed by atoms with Gasteiger partial charge >= 0.3 is 0 Å². The summed E-state index contributed by atoms with van der Waals surface area (Å²) >= 11 is 0. The van der Waals surface area contributed by atoms with Crippen LogP contribution in [0.4, 0.5) is 0 Å². The number of hydrogen-bond acceptors (Lipinski definition) is 1. The molecule has 2 rings (SSSR count). The van der Waals surface area contributed by atoms with Crippen molar-refractivity contribution in [1.82, 2.24) is 0 Å². The second-order valence-electron chi connectivity index (χ2n) is 5.12. The SMILES string of the molecule is CCC(CC)C(N)c1ccc(C)c2ccccc12. The van der Waals surface area contributed by atoms with Gasteiger partial charge in [-0.25, -0.2) is 0 Å². The molecule has 0 aliphatic heterocycles. The van der Waals surface area contributed by atoms with E-state index >= 15 is 0 Å². The van der Waals surface area contributed by atoms with Crippen molar-refractivity contribution in [2.75, 3.05) is 0 Å². The molecule has 0 spiro atoms. The van der Waals surface area contributed by atoms with E-state index in [4.69, 9.17) is 5.73 Å². The maximum absolute atomic E-state index is 6.48. The summed E-state index contributed by atoms with van der Waals surface area (Å²) in [6.07, 6.45) is 2.28. The largest absolute Gasteiger partial charge is 0.324 e. The van der Waals surface area contributed by atoms with Gasteiger partial charge in [-0.2, -0.15) is 0 Å². The van der Waals surface area contributed by atoms with E-state index < -0.39 is 0 Å². The molecule has 0 saturated heterocycles. The van der Waals surface area contributed by atoms with E-state index in [1.54, 1.807) is 0 Å². The van der Waals surface area contributed by atoms with Crippen LogP contribution in [0.5, 0.6) is 0 Å². The summed E-state index contributed by atoms with van der Waals surface area (Å²) in [4.78, 5) is 0. The maximum Gasteiger partial charge on any atom is 0.0329 e. The molecule has 2 aromatic rings. The zero-order chi connectivity index (χ0) is 13.1. The molecule has 96 valence electrons. The van der Waals surface area contributed by atoms with Gasteiger partial charge in [0.2, 0.25) is 0 Å². The molecular formula is C17H23N. The molecule has 0 fully saturated rings. The van der Waals surface area contributed by atoms with Gasteiger partial charge in [0.15, 0.2) is 0 Å². The molecule has 0 aromatic heterocycles. The molecule has 0 aliphatic rings. The first-order chi connectivity index (χ1) is 8.69. The normalized spacial score (nSPS) is 13.2. The molecule has 1 heteroatoms. The average Bonchev–Trinajstić information content (AvgIpc) is 2.41. The Morgan fingerprint density at radius 1 is 0.944 bits per heavy atom. The van der Waals surface area contributed by atoms with Gasteiger partial charge in [-0.3, -0.25) is 0 Å². The monoisotopic (exact) mass is 241 g/mol. The van der Waals surface area contributed by atoms with Crippen LogP contribution in [0, 0.1) is 12.8 Å². The Morgan fingerprint density at radius 3 is 2.17 bits per heavy atom. The molecule has 0 heterocycles. The molecule has 1 atom stereocenters. The number of rotatable bonds is 4. The van der Waals surface area contributed by atoms with Crippen LogP contribution < -0.4 is 5.73 Å². The van der Waals surface area contributed by atoms with Gasteiger partial charge in [-0.05, 0) is 34.7 Å². The molecule has 2 N–H and O–H groups in total. The van der Waals surface area contributed by atoms with Crippen molar-refractivity contribution in [3.63, 3.8) is 0 Å². The van der Waals surface area contributed by atoms with Gasteiger partial charge in [0, 0.05) is 6.04 Å². The van der Waals surface area contributed by atoms with Crippen molar-refractivity contribution in [2.45, 2.75) is 39.7 Å². The summed E-state index contributed by atoms with van der Waals surface area (Å²) in [6.45, 7) is 6.61. The smallest absolute Gasteiger partial charge is 0.0329 e. The zero-order valence-corrected chi connectivity index (χ0v) is 11.6. The summed E-state index contributed by atoms with van der Waals surface area (Å²) in [7, 11) is 0. The third kappa shape index (κ3) is 2.28. The zero-order valence-electron chi connectivity index (χ0n) is 11.6. The van der Waals surface area contributed by atoms with Crippen LogP contribution in [-0.4, -0.2) is 0 Å². The lowest BCUT2D eigenvalue weighted by Crippen LogP contribution is -2.20. The number of hydrogen-bond donors (Lipinski definition) is 1. The molecule has 0 bridgehead atoms. The summed E-state index contributed by atoms with van der Waals surface area (Å²) in [5.74, 6) is 0.566. The molecule has 18 heavy (non-hydrogen) atoms. The van der Waals surface area contributed by atoms with Gasteiger partial charge in [-0.15, -0.1) is 0 Å². The highest BCUT2D eigenvalue weighted by molar-refractivity contribution is 5.88. The van der Waals surface area contributed by atoms with Crippen LogP contribution in [0.25, 0.3) is 10.8 Å². The standard InChI is InChI=1S/C17H23N/c1-4-13(5-2)17(18)16-11-10-12(3)14-8-6-7-9-15(14)16/h6-11,13,17H,4-5,18H2,1-3H3. The Kier molecular flexibility index (Phi) is 4.03. The van der Waals surface area contributed by atoms with E-state index in [2.05, 4.69) is 57.2 Å². The molecule has 0 amide bonds. The number of aryl methyl sites for hydroxylation is 1.